The van der Waals surface area contributed by atoms with E-state index in [-0.39, 0.29) is 19.5 Å². The van der Waals surface area contributed by atoms with Crippen molar-refractivity contribution in [1.29, 1.82) is 0 Å². The van der Waals surface area contributed by atoms with Crippen LogP contribution in [0.4, 0.5) is 0 Å². The number of hydrogen-bond donors (Lipinski definition) is 0. The van der Waals surface area contributed by atoms with Crippen molar-refractivity contribution in [2.24, 2.45) is 0 Å². The largest absolute Gasteiger partial charge is 2.00 e. The van der Waals surface area contributed by atoms with Gasteiger partial charge in [-0.3, -0.25) is 0 Å². The van der Waals surface area contributed by atoms with Gasteiger partial charge in [-0.25, -0.2) is 12.1 Å². The third-order valence-corrected chi connectivity index (χ3v) is 0.758. The quantitative estimate of drug-likeness (QED) is 0.480. The van der Waals surface area contributed by atoms with Crippen LogP contribution in [0.1, 0.15) is 0 Å². The second-order valence-electron chi connectivity index (χ2n) is 1.45. The molecular weight excluding hydrogens is 193 g/mol. The molecule has 3 heteroatoms. The average molecular weight is 200 g/mol. The van der Waals surface area contributed by atoms with Crippen LogP contribution < -0.4 is 0 Å². The monoisotopic (exact) mass is 198 g/mol. The van der Waals surface area contributed by atoms with Crippen molar-refractivity contribution in [3.05, 3.63) is 49.3 Å². The smallest absolute Gasteiger partial charge is 0.576 e. The van der Waals surface area contributed by atoms with Gasteiger partial charge >= 0.3 is 19.5 Å². The molecule has 0 amide bonds. The third-order valence-electron chi connectivity index (χ3n) is 0.758. The van der Waals surface area contributed by atoms with E-state index >= 15 is 0 Å². The standard InChI is InChI=1S/2C4H3O.Zn/c2*1-2-4-5-3-1;/h2*1,3-4H;/q2*-1;+2. The summed E-state index contributed by atoms with van der Waals surface area (Å²) in [6.45, 7) is 0. The van der Waals surface area contributed by atoms with E-state index < -0.39 is 0 Å². The molecule has 0 unspecified atom stereocenters. The Morgan fingerprint density at radius 2 is 1.27 bits per heavy atom. The van der Waals surface area contributed by atoms with E-state index in [4.69, 9.17) is 0 Å². The van der Waals surface area contributed by atoms with Crippen LogP contribution in [0.2, 0.25) is 0 Å². The Bertz CT molecular complexity index is 151. The fourth-order valence-electron chi connectivity index (χ4n) is 0.393. The minimum absolute atomic E-state index is 0. The summed E-state index contributed by atoms with van der Waals surface area (Å²) in [5.41, 5.74) is 0. The normalized spacial score (nSPS) is 7.27. The van der Waals surface area contributed by atoms with E-state index in [0.717, 1.165) is 0 Å². The van der Waals surface area contributed by atoms with Crippen LogP contribution in [0.3, 0.4) is 0 Å². The fourth-order valence-corrected chi connectivity index (χ4v) is 0.393. The first-order valence-electron chi connectivity index (χ1n) is 2.76. The Hall–Kier alpha value is -0.817. The van der Waals surface area contributed by atoms with Crippen LogP contribution in [0.25, 0.3) is 0 Å². The summed E-state index contributed by atoms with van der Waals surface area (Å²) < 4.78 is 9.06. The minimum atomic E-state index is 0. The van der Waals surface area contributed by atoms with E-state index in [9.17, 15) is 0 Å². The Kier molecular flexibility index (Phi) is 6.75. The van der Waals surface area contributed by atoms with Crippen molar-refractivity contribution in [3.8, 4) is 0 Å². The van der Waals surface area contributed by atoms with Gasteiger partial charge in [-0.1, -0.05) is 12.5 Å². The van der Waals surface area contributed by atoms with Crippen molar-refractivity contribution in [1.82, 2.24) is 0 Å². The van der Waals surface area contributed by atoms with Gasteiger partial charge in [-0.15, -0.1) is 0 Å². The summed E-state index contributed by atoms with van der Waals surface area (Å²) >= 11 is 0. The van der Waals surface area contributed by atoms with Crippen LogP contribution in [-0.2, 0) is 19.5 Å². The van der Waals surface area contributed by atoms with Crippen molar-refractivity contribution in [2.75, 3.05) is 0 Å². The molecule has 0 aliphatic heterocycles. The van der Waals surface area contributed by atoms with E-state index in [1.807, 2.05) is 0 Å². The van der Waals surface area contributed by atoms with Crippen LogP contribution in [0, 0.1) is 12.1 Å². The summed E-state index contributed by atoms with van der Waals surface area (Å²) in [4.78, 5) is 0. The molecule has 0 aliphatic rings. The van der Waals surface area contributed by atoms with Crippen molar-refractivity contribution in [2.45, 2.75) is 0 Å². The van der Waals surface area contributed by atoms with Gasteiger partial charge in [-0.05, 0) is 12.5 Å². The number of hydrogen-bond acceptors (Lipinski definition) is 2. The summed E-state index contributed by atoms with van der Waals surface area (Å²) in [6, 6.07) is 8.81. The minimum Gasteiger partial charge on any atom is -0.576 e. The maximum atomic E-state index is 4.53. The molecule has 0 N–H and O–H groups in total. The molecule has 0 fully saturated rings. The topological polar surface area (TPSA) is 26.3 Å². The average Bonchev–Trinajstić information content (AvgIpc) is 2.67. The maximum absolute atomic E-state index is 4.53. The first-order valence-corrected chi connectivity index (χ1v) is 2.76. The van der Waals surface area contributed by atoms with Crippen molar-refractivity contribution in [3.63, 3.8) is 0 Å². The maximum Gasteiger partial charge on any atom is 2.00 e. The molecule has 11 heavy (non-hydrogen) atoms. The first kappa shape index (κ1) is 10.2. The van der Waals surface area contributed by atoms with Gasteiger partial charge in [0.25, 0.3) is 0 Å². The van der Waals surface area contributed by atoms with Crippen molar-refractivity contribution < 1.29 is 28.3 Å². The molecule has 0 saturated carbocycles. The van der Waals surface area contributed by atoms with E-state index in [2.05, 4.69) is 21.0 Å². The zero-order valence-electron chi connectivity index (χ0n) is 5.99. The molecule has 0 aliphatic carbocycles. The van der Waals surface area contributed by atoms with Gasteiger partial charge in [0.15, 0.2) is 0 Å². The molecule has 0 saturated heterocycles. The molecule has 2 heterocycles. The Balaban J connectivity index is 0.000000167. The summed E-state index contributed by atoms with van der Waals surface area (Å²) in [5, 5.41) is 0. The SMILES string of the molecule is [Zn+2].[c-]1ccoc1.[c-]1ccoc1. The second-order valence-corrected chi connectivity index (χ2v) is 1.45. The summed E-state index contributed by atoms with van der Waals surface area (Å²) in [5.74, 6) is 0. The molecule has 0 bridgehead atoms. The molecular formula is C8H6O2Zn. The molecule has 0 radical (unpaired) electrons. The molecule has 2 aromatic rings. The fraction of sp³-hybridized carbons (Fsp3) is 0. The first-order chi connectivity index (χ1) is 5.00. The zero-order valence-corrected chi connectivity index (χ0v) is 8.95. The number of rotatable bonds is 0. The summed E-state index contributed by atoms with van der Waals surface area (Å²) in [6.07, 6.45) is 6.14. The van der Waals surface area contributed by atoms with Crippen LogP contribution in [0.15, 0.2) is 46.0 Å². The molecule has 0 spiro atoms. The van der Waals surface area contributed by atoms with Crippen LogP contribution in [-0.4, -0.2) is 0 Å². The summed E-state index contributed by atoms with van der Waals surface area (Å²) in [7, 11) is 0. The van der Waals surface area contributed by atoms with E-state index in [1.165, 1.54) is 12.5 Å². The van der Waals surface area contributed by atoms with Crippen LogP contribution in [0.5, 0.6) is 0 Å². The molecule has 2 aromatic heterocycles. The van der Waals surface area contributed by atoms with Gasteiger partial charge in [-0.2, -0.15) is 12.1 Å². The van der Waals surface area contributed by atoms with Gasteiger partial charge in [0.2, 0.25) is 0 Å². The van der Waals surface area contributed by atoms with Gasteiger partial charge in [0.05, 0.1) is 0 Å². The predicted molar refractivity (Wildman–Crippen MR) is 35.1 cm³/mol. The Morgan fingerprint density at radius 1 is 0.818 bits per heavy atom. The molecule has 0 atom stereocenters. The van der Waals surface area contributed by atoms with Crippen LogP contribution >= 0.6 is 0 Å². The molecule has 2 rings (SSSR count). The predicted octanol–water partition coefficient (Wildman–Crippen LogP) is 2.16. The molecule has 0 aromatic carbocycles. The molecule has 52 valence electrons. The van der Waals surface area contributed by atoms with E-state index in [0.29, 0.717) is 0 Å². The molecule has 2 nitrogen and oxygen atoms in total. The second kappa shape index (κ2) is 7.29. The zero-order chi connectivity index (χ0) is 7.07. The third kappa shape index (κ3) is 5.62. The Labute approximate surface area is 78.0 Å². The van der Waals surface area contributed by atoms with Crippen molar-refractivity contribution >= 4 is 0 Å². The van der Waals surface area contributed by atoms with Gasteiger partial charge in [0, 0.05) is 0 Å². The van der Waals surface area contributed by atoms with Gasteiger partial charge in [0.1, 0.15) is 0 Å². The van der Waals surface area contributed by atoms with Gasteiger partial charge < -0.3 is 8.83 Å². The Morgan fingerprint density at radius 3 is 1.36 bits per heavy atom. The van der Waals surface area contributed by atoms with E-state index in [1.54, 1.807) is 24.7 Å². The number of furan rings is 2.